The number of aliphatic carboxylic acids is 2. The summed E-state index contributed by atoms with van der Waals surface area (Å²) in [4.78, 5) is 33.2. The molecule has 0 fully saturated rings. The first-order valence-electron chi connectivity index (χ1n) is 12.9. The van der Waals surface area contributed by atoms with Crippen LogP contribution in [0.1, 0.15) is 23.9 Å². The number of rotatable bonds is 4. The molecule has 0 aliphatic rings. The Bertz CT molecular complexity index is 1670. The molecule has 0 saturated heterocycles. The smallest absolute Gasteiger partial charge is 0.753 e. The first-order valence-corrected chi connectivity index (χ1v) is 15.4. The summed E-state index contributed by atoms with van der Waals surface area (Å²) in [5.41, 5.74) is 3.97. The number of nitrogens with zero attached hydrogens (tertiary/aromatic N) is 2. The Morgan fingerprint density at radius 3 is 1.18 bits per heavy atom. The van der Waals surface area contributed by atoms with Gasteiger partial charge in [0.05, 0.1) is 11.4 Å². The number of carboxylic acid groups (broad SMARTS) is 2. The number of aliphatic imine (C=N–C) groups is 2. The van der Waals surface area contributed by atoms with Gasteiger partial charge in [0.1, 0.15) is 9.40 Å². The van der Waals surface area contributed by atoms with E-state index in [1.807, 2.05) is 97.1 Å². The van der Waals surface area contributed by atoms with Crippen molar-refractivity contribution in [3.8, 4) is 0 Å². The minimum absolute atomic E-state index is 0. The molecule has 2 N–H and O–H groups in total. The third kappa shape index (κ3) is 13.3. The van der Waals surface area contributed by atoms with Gasteiger partial charge in [0.2, 0.25) is 11.0 Å². The Labute approximate surface area is 292 Å². The van der Waals surface area contributed by atoms with E-state index in [0.29, 0.717) is 10.1 Å². The predicted molar refractivity (Wildman–Crippen MR) is 178 cm³/mol. The van der Waals surface area contributed by atoms with Crippen molar-refractivity contribution >= 4 is 102 Å². The van der Waals surface area contributed by atoms with E-state index in [1.54, 1.807) is 22.7 Å². The van der Waals surface area contributed by atoms with Gasteiger partial charge in [-0.25, -0.2) is 0 Å². The van der Waals surface area contributed by atoms with E-state index in [1.165, 1.54) is 9.40 Å². The Hall–Kier alpha value is -4.00. The van der Waals surface area contributed by atoms with Gasteiger partial charge in [0, 0.05) is 34.2 Å². The quantitative estimate of drug-likeness (QED) is 0.116. The number of benzene rings is 4. The number of aromatic nitrogens is 2. The minimum Gasteiger partial charge on any atom is -0.753 e. The summed E-state index contributed by atoms with van der Waals surface area (Å²) >= 11 is 14.0. The van der Waals surface area contributed by atoms with Crippen molar-refractivity contribution in [2.24, 2.45) is 9.98 Å². The molecule has 0 aliphatic heterocycles. The normalized spacial score (nSPS) is 10.6. The Balaban J connectivity index is 0.000000250. The molecule has 0 aliphatic carbocycles. The first-order chi connectivity index (χ1) is 21.1. The Kier molecular flexibility index (Phi) is 16.0. The SMILES string of the molecule is CC(=O)[O-].CC(=O)[O-].[S-]C(=Nc1ccccc1)c1[nH+]c2ccccc2s1.[S-]C(=Nc1ccccc1)c1[nH+]c2ccccc2s1.[Zn+2]. The van der Waals surface area contributed by atoms with Gasteiger partial charge in [-0.3, -0.25) is 9.98 Å². The molecule has 2 aromatic heterocycles. The summed E-state index contributed by atoms with van der Waals surface area (Å²) in [6.45, 7) is 1.94. The van der Waals surface area contributed by atoms with Crippen LogP contribution in [0.25, 0.3) is 20.4 Å². The fraction of sp³-hybridized carbons (Fsp3) is 0.0625. The van der Waals surface area contributed by atoms with Crippen LogP contribution in [0, 0.1) is 0 Å². The van der Waals surface area contributed by atoms with Gasteiger partial charge in [-0.1, -0.05) is 83.3 Å². The molecule has 0 spiro atoms. The molecule has 13 heteroatoms. The third-order valence-corrected chi connectivity index (χ3v) is 8.06. The molecular formula is C32H26N4O4S4Zn. The molecule has 0 saturated carbocycles. The largest absolute Gasteiger partial charge is 2.00 e. The maximum Gasteiger partial charge on any atom is 2.00 e. The summed E-state index contributed by atoms with van der Waals surface area (Å²) < 4.78 is 2.39. The summed E-state index contributed by atoms with van der Waals surface area (Å²) in [7, 11) is 0. The van der Waals surface area contributed by atoms with Crippen molar-refractivity contribution in [1.82, 2.24) is 0 Å². The molecule has 0 bridgehead atoms. The number of thiazole rings is 2. The fourth-order valence-corrected chi connectivity index (χ4v) is 5.71. The van der Waals surface area contributed by atoms with E-state index in [2.05, 4.69) is 32.1 Å². The topological polar surface area (TPSA) is 133 Å². The zero-order valence-corrected chi connectivity index (χ0v) is 30.5. The number of hydrogen-bond donors (Lipinski definition) is 0. The van der Waals surface area contributed by atoms with Crippen molar-refractivity contribution in [3.05, 3.63) is 119 Å². The van der Waals surface area contributed by atoms with E-state index in [0.717, 1.165) is 46.3 Å². The van der Waals surface area contributed by atoms with Crippen LogP contribution in [-0.2, 0) is 54.3 Å². The molecule has 2 heterocycles. The van der Waals surface area contributed by atoms with Gasteiger partial charge in [-0.15, -0.1) is 0 Å². The zero-order chi connectivity index (χ0) is 31.9. The van der Waals surface area contributed by atoms with Gasteiger partial charge in [-0.2, -0.15) is 9.97 Å². The van der Waals surface area contributed by atoms with Crippen LogP contribution >= 0.6 is 22.7 Å². The van der Waals surface area contributed by atoms with Crippen LogP contribution in [0.3, 0.4) is 0 Å². The number of H-pyrrole nitrogens is 2. The number of nitrogens with one attached hydrogen (secondary N) is 2. The number of hydrogen-bond acceptors (Lipinski definition) is 10. The Morgan fingerprint density at radius 1 is 0.578 bits per heavy atom. The second kappa shape index (κ2) is 19.4. The molecule has 45 heavy (non-hydrogen) atoms. The molecular weight excluding hydrogens is 698 g/mol. The van der Waals surface area contributed by atoms with Crippen molar-refractivity contribution < 1.29 is 49.2 Å². The molecule has 6 rings (SSSR count). The minimum atomic E-state index is -1.08. The van der Waals surface area contributed by atoms with Crippen molar-refractivity contribution in [2.75, 3.05) is 0 Å². The second-order valence-corrected chi connectivity index (χ2v) is 11.5. The van der Waals surface area contributed by atoms with Gasteiger partial charge < -0.3 is 45.1 Å². The van der Waals surface area contributed by atoms with Gasteiger partial charge in [0.25, 0.3) is 10.0 Å². The Morgan fingerprint density at radius 2 is 0.867 bits per heavy atom. The molecule has 0 amide bonds. The standard InChI is InChI=1S/2C14H10N2S2.2C2H4O2.Zn/c2*17-13(15-10-6-2-1-3-7-10)14-16-11-8-4-5-9-12(11)18-14;2*1-2(3)4;/h2*1-9H,(H,15,17);2*1H3,(H,3,4);/q;;;;+2/p-2. The van der Waals surface area contributed by atoms with E-state index in [4.69, 9.17) is 45.1 Å². The molecule has 8 nitrogen and oxygen atoms in total. The van der Waals surface area contributed by atoms with Crippen molar-refractivity contribution in [1.29, 1.82) is 0 Å². The average molecular weight is 724 g/mol. The van der Waals surface area contributed by atoms with Gasteiger partial charge in [0.15, 0.2) is 0 Å². The van der Waals surface area contributed by atoms with E-state index >= 15 is 0 Å². The van der Waals surface area contributed by atoms with Crippen LogP contribution in [0.4, 0.5) is 11.4 Å². The second-order valence-electron chi connectivity index (χ2n) is 8.59. The van der Waals surface area contributed by atoms with Crippen molar-refractivity contribution in [2.45, 2.75) is 13.8 Å². The molecule has 6 aromatic rings. The van der Waals surface area contributed by atoms with Crippen LogP contribution < -0.4 is 20.2 Å². The van der Waals surface area contributed by atoms with Crippen LogP contribution in [0.15, 0.2) is 119 Å². The van der Waals surface area contributed by atoms with Gasteiger partial charge >= 0.3 is 19.5 Å². The number of carbonyl (C=O) groups is 2. The monoisotopic (exact) mass is 722 g/mol. The molecule has 0 unspecified atom stereocenters. The predicted octanol–water partition coefficient (Wildman–Crippen LogP) is 4.19. The third-order valence-electron chi connectivity index (χ3n) is 5.06. The maximum absolute atomic E-state index is 8.89. The number of carboxylic acids is 2. The first kappa shape index (κ1) is 37.2. The zero-order valence-electron chi connectivity index (χ0n) is 24.3. The summed E-state index contributed by atoms with van der Waals surface area (Å²) in [5.74, 6) is -2.17. The average Bonchev–Trinajstić information content (AvgIpc) is 3.63. The van der Waals surface area contributed by atoms with E-state index < -0.39 is 11.9 Å². The summed E-state index contributed by atoms with van der Waals surface area (Å²) in [5, 5.41) is 20.8. The van der Waals surface area contributed by atoms with E-state index in [-0.39, 0.29) is 19.5 Å². The van der Waals surface area contributed by atoms with Crippen LogP contribution in [0.5, 0.6) is 0 Å². The molecule has 224 valence electrons. The fourth-order valence-electron chi connectivity index (χ4n) is 3.37. The maximum atomic E-state index is 8.89. The molecule has 0 radical (unpaired) electrons. The molecule has 4 aromatic carbocycles. The molecule has 0 atom stereocenters. The van der Waals surface area contributed by atoms with Crippen LogP contribution in [-0.4, -0.2) is 22.0 Å². The van der Waals surface area contributed by atoms with Crippen LogP contribution in [0.2, 0.25) is 0 Å². The summed E-state index contributed by atoms with van der Waals surface area (Å²) in [6, 6.07) is 35.8. The summed E-state index contributed by atoms with van der Waals surface area (Å²) in [6.07, 6.45) is 0. The number of para-hydroxylation sites is 4. The number of carbonyl (C=O) groups excluding carboxylic acids is 2. The van der Waals surface area contributed by atoms with Gasteiger partial charge in [-0.05, 0) is 50.2 Å². The number of fused-ring (bicyclic) bond motifs is 2. The number of aromatic amines is 2. The van der Waals surface area contributed by atoms with Crippen molar-refractivity contribution in [3.63, 3.8) is 0 Å². The van der Waals surface area contributed by atoms with E-state index in [9.17, 15) is 0 Å².